The Morgan fingerprint density at radius 1 is 0.842 bits per heavy atom. The third kappa shape index (κ3) is 6.40. The van der Waals surface area contributed by atoms with Crippen molar-refractivity contribution in [3.63, 3.8) is 0 Å². The van der Waals surface area contributed by atoms with Crippen molar-refractivity contribution in [2.75, 3.05) is 53.6 Å². The Hall–Kier alpha value is -3.28. The Kier molecular flexibility index (Phi) is 8.49. The summed E-state index contributed by atoms with van der Waals surface area (Å²) in [6, 6.07) is 21.3. The van der Waals surface area contributed by atoms with Gasteiger partial charge in [0.2, 0.25) is 20.0 Å². The molecule has 1 saturated heterocycles. The fourth-order valence-electron chi connectivity index (χ4n) is 4.49. The van der Waals surface area contributed by atoms with Gasteiger partial charge in [-0.25, -0.2) is 21.6 Å². The Labute approximate surface area is 225 Å². The number of methoxy groups -OCH3 is 1. The minimum absolute atomic E-state index is 0.0299. The second-order valence-electron chi connectivity index (χ2n) is 9.09. The smallest absolute Gasteiger partial charge is 0.243 e. The molecule has 0 spiro atoms. The SMILES string of the molecule is CCS(=O)(=O)Nc1ccc(N2CCN(c3ccccc3OC)CC2)c(S(=O)(=O)N[C@@H](C)c2ccccc2)c1. The Bertz CT molecular complexity index is 1460. The summed E-state index contributed by atoms with van der Waals surface area (Å²) < 4.78 is 62.5. The average molecular weight is 559 g/mol. The first kappa shape index (κ1) is 27.7. The van der Waals surface area contributed by atoms with Crippen molar-refractivity contribution in [3.8, 4) is 5.75 Å². The number of para-hydroxylation sites is 2. The third-order valence-electron chi connectivity index (χ3n) is 6.58. The molecule has 1 aliphatic rings. The first-order valence-electron chi connectivity index (χ1n) is 12.5. The van der Waals surface area contributed by atoms with E-state index in [0.29, 0.717) is 31.9 Å². The van der Waals surface area contributed by atoms with Crippen LogP contribution < -0.4 is 24.0 Å². The molecule has 3 aromatic carbocycles. The second kappa shape index (κ2) is 11.6. The highest BCUT2D eigenvalue weighted by atomic mass is 32.2. The Morgan fingerprint density at radius 2 is 1.45 bits per heavy atom. The maximum atomic E-state index is 13.7. The summed E-state index contributed by atoms with van der Waals surface area (Å²) in [4.78, 5) is 4.26. The summed E-state index contributed by atoms with van der Waals surface area (Å²) in [5, 5.41) is 0. The van der Waals surface area contributed by atoms with Crippen LogP contribution in [0.1, 0.15) is 25.5 Å². The van der Waals surface area contributed by atoms with E-state index >= 15 is 0 Å². The molecule has 204 valence electrons. The van der Waals surface area contributed by atoms with Crippen LogP contribution >= 0.6 is 0 Å². The zero-order valence-corrected chi connectivity index (χ0v) is 23.4. The number of piperazine rings is 1. The number of anilines is 3. The molecule has 0 radical (unpaired) electrons. The predicted molar refractivity (Wildman–Crippen MR) is 152 cm³/mol. The normalized spacial score (nSPS) is 15.2. The molecule has 3 aromatic rings. The van der Waals surface area contributed by atoms with Gasteiger partial charge in [-0.2, -0.15) is 0 Å². The largest absolute Gasteiger partial charge is 0.495 e. The van der Waals surface area contributed by atoms with Gasteiger partial charge in [0.25, 0.3) is 0 Å². The number of hydrogen-bond donors (Lipinski definition) is 2. The summed E-state index contributed by atoms with van der Waals surface area (Å²) >= 11 is 0. The lowest BCUT2D eigenvalue weighted by atomic mass is 10.1. The fourth-order valence-corrected chi connectivity index (χ4v) is 6.60. The lowest BCUT2D eigenvalue weighted by Crippen LogP contribution is -2.47. The molecule has 2 N–H and O–H groups in total. The highest BCUT2D eigenvalue weighted by molar-refractivity contribution is 7.92. The molecule has 0 aliphatic carbocycles. The van der Waals surface area contributed by atoms with Crippen LogP contribution in [-0.2, 0) is 20.0 Å². The standard InChI is InChI=1S/C27H34N4O5S2/c1-4-37(32,33)29-23-14-15-25(27(20-23)38(34,35)28-21(2)22-10-6-5-7-11-22)31-18-16-30(17-19-31)24-12-8-9-13-26(24)36-3/h5-15,20-21,28-29H,4,16-19H2,1-3H3/t21-/m0/s1. The molecule has 1 heterocycles. The van der Waals surface area contributed by atoms with Gasteiger partial charge in [0.15, 0.2) is 0 Å². The number of hydrogen-bond acceptors (Lipinski definition) is 7. The molecule has 1 fully saturated rings. The first-order valence-corrected chi connectivity index (χ1v) is 15.6. The van der Waals surface area contributed by atoms with E-state index < -0.39 is 26.1 Å². The highest BCUT2D eigenvalue weighted by Crippen LogP contribution is 2.33. The van der Waals surface area contributed by atoms with Crippen LogP contribution in [0.25, 0.3) is 0 Å². The van der Waals surface area contributed by atoms with Crippen LogP contribution in [0.15, 0.2) is 77.7 Å². The van der Waals surface area contributed by atoms with Crippen LogP contribution in [0.5, 0.6) is 5.75 Å². The summed E-state index contributed by atoms with van der Waals surface area (Å²) in [6.07, 6.45) is 0. The van der Waals surface area contributed by atoms with E-state index in [4.69, 9.17) is 4.74 Å². The van der Waals surface area contributed by atoms with Crippen molar-refractivity contribution in [1.82, 2.24) is 4.72 Å². The van der Waals surface area contributed by atoms with Crippen LogP contribution in [-0.4, -0.2) is 55.9 Å². The van der Waals surface area contributed by atoms with E-state index in [9.17, 15) is 16.8 Å². The van der Waals surface area contributed by atoms with Crippen LogP contribution in [0.4, 0.5) is 17.1 Å². The van der Waals surface area contributed by atoms with E-state index in [-0.39, 0.29) is 16.3 Å². The van der Waals surface area contributed by atoms with E-state index in [1.165, 1.54) is 13.0 Å². The minimum atomic E-state index is -4.01. The van der Waals surface area contributed by atoms with Crippen LogP contribution in [0, 0.1) is 0 Å². The molecule has 0 amide bonds. The molecule has 38 heavy (non-hydrogen) atoms. The van der Waals surface area contributed by atoms with Gasteiger partial charge in [-0.1, -0.05) is 42.5 Å². The van der Waals surface area contributed by atoms with Gasteiger partial charge in [0.05, 0.1) is 24.2 Å². The maximum absolute atomic E-state index is 13.7. The van der Waals surface area contributed by atoms with Crippen molar-refractivity contribution in [3.05, 3.63) is 78.4 Å². The molecule has 4 rings (SSSR count). The summed E-state index contributed by atoms with van der Waals surface area (Å²) in [6.45, 7) is 5.79. The first-order chi connectivity index (χ1) is 18.1. The van der Waals surface area contributed by atoms with Gasteiger partial charge in [0.1, 0.15) is 10.6 Å². The quantitative estimate of drug-likeness (QED) is 0.390. The predicted octanol–water partition coefficient (Wildman–Crippen LogP) is 3.82. The van der Waals surface area contributed by atoms with Gasteiger partial charge in [-0.3, -0.25) is 4.72 Å². The zero-order valence-electron chi connectivity index (χ0n) is 21.8. The summed E-state index contributed by atoms with van der Waals surface area (Å²) in [5.74, 6) is 0.668. The third-order valence-corrected chi connectivity index (χ3v) is 9.46. The van der Waals surface area contributed by atoms with Gasteiger partial charge in [0, 0.05) is 37.9 Å². The van der Waals surface area contributed by atoms with Gasteiger partial charge in [-0.05, 0) is 49.7 Å². The minimum Gasteiger partial charge on any atom is -0.495 e. The molecule has 9 nitrogen and oxygen atoms in total. The number of ether oxygens (including phenoxy) is 1. The van der Waals surface area contributed by atoms with Gasteiger partial charge < -0.3 is 14.5 Å². The number of benzene rings is 3. The molecule has 0 aromatic heterocycles. The molecular weight excluding hydrogens is 524 g/mol. The van der Waals surface area contributed by atoms with Crippen molar-refractivity contribution >= 4 is 37.1 Å². The Balaban J connectivity index is 1.64. The lowest BCUT2D eigenvalue weighted by Gasteiger charge is -2.38. The van der Waals surface area contributed by atoms with E-state index in [0.717, 1.165) is 17.0 Å². The van der Waals surface area contributed by atoms with Gasteiger partial charge in [-0.15, -0.1) is 0 Å². The van der Waals surface area contributed by atoms with Crippen LogP contribution in [0.2, 0.25) is 0 Å². The zero-order chi connectivity index (χ0) is 27.3. The molecular formula is C27H34N4O5S2. The van der Waals surface area contributed by atoms with Gasteiger partial charge >= 0.3 is 0 Å². The number of rotatable bonds is 10. The molecule has 0 unspecified atom stereocenters. The van der Waals surface area contributed by atoms with Crippen molar-refractivity contribution in [2.24, 2.45) is 0 Å². The van der Waals surface area contributed by atoms with Crippen molar-refractivity contribution in [2.45, 2.75) is 24.8 Å². The monoisotopic (exact) mass is 558 g/mol. The Morgan fingerprint density at radius 3 is 2.08 bits per heavy atom. The average Bonchev–Trinajstić information content (AvgIpc) is 2.93. The molecule has 11 heteroatoms. The number of nitrogens with one attached hydrogen (secondary N) is 2. The number of sulfonamides is 2. The molecule has 0 bridgehead atoms. The van der Waals surface area contributed by atoms with Crippen molar-refractivity contribution in [1.29, 1.82) is 0 Å². The van der Waals surface area contributed by atoms with E-state index in [1.807, 2.05) is 59.5 Å². The van der Waals surface area contributed by atoms with Crippen LogP contribution in [0.3, 0.4) is 0 Å². The topological polar surface area (TPSA) is 108 Å². The van der Waals surface area contributed by atoms with E-state index in [1.54, 1.807) is 26.2 Å². The summed E-state index contributed by atoms with van der Waals surface area (Å²) in [7, 11) is -5.95. The maximum Gasteiger partial charge on any atom is 0.243 e. The van der Waals surface area contributed by atoms with E-state index in [2.05, 4.69) is 14.3 Å². The fraction of sp³-hybridized carbons (Fsp3) is 0.333. The highest BCUT2D eigenvalue weighted by Gasteiger charge is 2.28. The molecule has 1 atom stereocenters. The summed E-state index contributed by atoms with van der Waals surface area (Å²) in [5.41, 5.74) is 2.55. The molecule has 1 aliphatic heterocycles. The second-order valence-corrected chi connectivity index (χ2v) is 12.8. The number of nitrogens with zero attached hydrogens (tertiary/aromatic N) is 2. The molecule has 0 saturated carbocycles. The van der Waals surface area contributed by atoms with Crippen molar-refractivity contribution < 1.29 is 21.6 Å². The lowest BCUT2D eigenvalue weighted by molar-refractivity contribution is 0.413.